The molecule has 1 rings (SSSR count). The van der Waals surface area contributed by atoms with E-state index < -0.39 is 10.2 Å². The second-order valence-corrected chi connectivity index (χ2v) is 5.50. The lowest BCUT2D eigenvalue weighted by molar-refractivity contribution is -0.131. The fraction of sp³-hybridized carbons (Fsp3) is 0.700. The smallest absolute Gasteiger partial charge is 0.274 e. The van der Waals surface area contributed by atoms with Gasteiger partial charge < -0.3 is 4.90 Å². The molecule has 1 amide bonds. The number of hydrogen-bond donors (Lipinski definition) is 2. The summed E-state index contributed by atoms with van der Waals surface area (Å²) in [6, 6.07) is 0. The Morgan fingerprint density at radius 3 is 2.88 bits per heavy atom. The molecule has 0 saturated carbocycles. The van der Waals surface area contributed by atoms with Gasteiger partial charge in [-0.25, -0.2) is 9.86 Å². The maximum absolute atomic E-state index is 11.6. The number of amides is 1. The van der Waals surface area contributed by atoms with Gasteiger partial charge in [-0.1, -0.05) is 5.92 Å². The molecule has 0 spiro atoms. The first-order chi connectivity index (χ1) is 7.92. The Morgan fingerprint density at radius 2 is 2.29 bits per heavy atom. The van der Waals surface area contributed by atoms with E-state index >= 15 is 0 Å². The Bertz CT molecular complexity index is 413. The first-order valence-corrected chi connectivity index (χ1v) is 6.95. The van der Waals surface area contributed by atoms with Gasteiger partial charge in [-0.3, -0.25) is 4.79 Å². The molecule has 1 aliphatic heterocycles. The molecule has 7 heteroatoms. The number of terminal acetylenes is 1. The Hall–Kier alpha value is -1.10. The Kier molecular flexibility index (Phi) is 4.93. The van der Waals surface area contributed by atoms with Crippen LogP contribution in [0.25, 0.3) is 0 Å². The SMILES string of the molecule is C#CCC(=O)N1CCCC(CNS(N)(=O)=O)C1. The zero-order valence-electron chi connectivity index (χ0n) is 9.55. The zero-order chi connectivity index (χ0) is 12.9. The summed E-state index contributed by atoms with van der Waals surface area (Å²) in [5.41, 5.74) is 0. The number of nitrogens with zero attached hydrogens (tertiary/aromatic N) is 1. The number of rotatable bonds is 4. The largest absolute Gasteiger partial charge is 0.342 e. The summed E-state index contributed by atoms with van der Waals surface area (Å²) in [7, 11) is -3.66. The first-order valence-electron chi connectivity index (χ1n) is 5.41. The summed E-state index contributed by atoms with van der Waals surface area (Å²) in [6.07, 6.45) is 6.91. The summed E-state index contributed by atoms with van der Waals surface area (Å²) in [4.78, 5) is 13.2. The third-order valence-electron chi connectivity index (χ3n) is 2.70. The van der Waals surface area contributed by atoms with Crippen LogP contribution < -0.4 is 9.86 Å². The maximum Gasteiger partial charge on any atom is 0.274 e. The number of likely N-dealkylation sites (tertiary alicyclic amines) is 1. The van der Waals surface area contributed by atoms with Crippen LogP contribution in [0.4, 0.5) is 0 Å². The number of hydrogen-bond acceptors (Lipinski definition) is 3. The molecule has 1 unspecified atom stereocenters. The van der Waals surface area contributed by atoms with Gasteiger partial charge in [-0.2, -0.15) is 8.42 Å². The van der Waals surface area contributed by atoms with Crippen molar-refractivity contribution in [1.82, 2.24) is 9.62 Å². The van der Waals surface area contributed by atoms with Crippen LogP contribution in [0.2, 0.25) is 0 Å². The van der Waals surface area contributed by atoms with E-state index in [0.29, 0.717) is 13.1 Å². The van der Waals surface area contributed by atoms with Crippen molar-refractivity contribution < 1.29 is 13.2 Å². The molecule has 1 heterocycles. The lowest BCUT2D eigenvalue weighted by Gasteiger charge is -2.32. The number of nitrogens with two attached hydrogens (primary N) is 1. The van der Waals surface area contributed by atoms with Crippen molar-refractivity contribution in [3.05, 3.63) is 0 Å². The zero-order valence-corrected chi connectivity index (χ0v) is 10.4. The average molecular weight is 259 g/mol. The number of carbonyl (C=O) groups is 1. The van der Waals surface area contributed by atoms with E-state index in [9.17, 15) is 13.2 Å². The minimum absolute atomic E-state index is 0.0761. The molecule has 0 aromatic carbocycles. The van der Waals surface area contributed by atoms with E-state index in [4.69, 9.17) is 11.6 Å². The second kappa shape index (κ2) is 6.00. The molecule has 0 radical (unpaired) electrons. The summed E-state index contributed by atoms with van der Waals surface area (Å²) >= 11 is 0. The van der Waals surface area contributed by atoms with Gasteiger partial charge in [0.05, 0.1) is 6.42 Å². The van der Waals surface area contributed by atoms with Crippen molar-refractivity contribution in [2.45, 2.75) is 19.3 Å². The molecule has 96 valence electrons. The molecule has 0 aromatic rings. The van der Waals surface area contributed by atoms with E-state index in [1.807, 2.05) is 0 Å². The fourth-order valence-electron chi connectivity index (χ4n) is 1.89. The lowest BCUT2D eigenvalue weighted by Crippen LogP contribution is -2.44. The van der Waals surface area contributed by atoms with Gasteiger partial charge in [0.1, 0.15) is 0 Å². The van der Waals surface area contributed by atoms with Crippen molar-refractivity contribution in [1.29, 1.82) is 0 Å². The van der Waals surface area contributed by atoms with Gasteiger partial charge in [0.25, 0.3) is 10.2 Å². The average Bonchev–Trinajstić information content (AvgIpc) is 2.26. The minimum Gasteiger partial charge on any atom is -0.342 e. The van der Waals surface area contributed by atoms with Gasteiger partial charge in [-0.15, -0.1) is 6.42 Å². The molecule has 0 aromatic heterocycles. The number of carbonyl (C=O) groups excluding carboxylic acids is 1. The predicted octanol–water partition coefficient (Wildman–Crippen LogP) is -0.959. The quantitative estimate of drug-likeness (QED) is 0.637. The molecule has 1 saturated heterocycles. The Balaban J connectivity index is 2.44. The van der Waals surface area contributed by atoms with Crippen molar-refractivity contribution in [3.63, 3.8) is 0 Å². The Labute approximate surface area is 102 Å². The molecule has 17 heavy (non-hydrogen) atoms. The van der Waals surface area contributed by atoms with Crippen molar-refractivity contribution in [3.8, 4) is 12.3 Å². The second-order valence-electron chi connectivity index (χ2n) is 4.12. The normalized spacial score (nSPS) is 20.9. The summed E-state index contributed by atoms with van der Waals surface area (Å²) in [5, 5.41) is 4.85. The highest BCUT2D eigenvalue weighted by Gasteiger charge is 2.23. The van der Waals surface area contributed by atoms with Gasteiger partial charge in [0.2, 0.25) is 5.91 Å². The van der Waals surface area contributed by atoms with E-state index in [1.165, 1.54) is 0 Å². The van der Waals surface area contributed by atoms with Gasteiger partial charge in [0.15, 0.2) is 0 Å². The maximum atomic E-state index is 11.6. The van der Waals surface area contributed by atoms with Crippen LogP contribution in [-0.4, -0.2) is 38.9 Å². The summed E-state index contributed by atoms with van der Waals surface area (Å²) in [6.45, 7) is 1.48. The van der Waals surface area contributed by atoms with Gasteiger partial charge >= 0.3 is 0 Å². The van der Waals surface area contributed by atoms with E-state index in [2.05, 4.69) is 10.6 Å². The van der Waals surface area contributed by atoms with Gasteiger partial charge in [0, 0.05) is 19.6 Å². The topological polar surface area (TPSA) is 92.5 Å². The van der Waals surface area contributed by atoms with Crippen LogP contribution in [0.3, 0.4) is 0 Å². The van der Waals surface area contributed by atoms with Crippen molar-refractivity contribution >= 4 is 16.1 Å². The third-order valence-corrected chi connectivity index (χ3v) is 3.27. The molecule has 0 aliphatic carbocycles. The minimum atomic E-state index is -3.66. The van der Waals surface area contributed by atoms with Crippen LogP contribution in [0.5, 0.6) is 0 Å². The Morgan fingerprint density at radius 1 is 1.59 bits per heavy atom. The molecule has 0 bridgehead atoms. The third kappa shape index (κ3) is 5.17. The van der Waals surface area contributed by atoms with Crippen molar-refractivity contribution in [2.24, 2.45) is 11.1 Å². The standard InChI is InChI=1S/C10H17N3O3S/c1-2-4-10(14)13-6-3-5-9(8-13)7-12-17(11,15)16/h1,9,12H,3-8H2,(H2,11,15,16). The fourth-order valence-corrected chi connectivity index (χ4v) is 2.36. The van der Waals surface area contributed by atoms with E-state index in [0.717, 1.165) is 12.8 Å². The molecule has 6 nitrogen and oxygen atoms in total. The highest BCUT2D eigenvalue weighted by Crippen LogP contribution is 2.16. The molecular formula is C10H17N3O3S. The monoisotopic (exact) mass is 259 g/mol. The van der Waals surface area contributed by atoms with Crippen LogP contribution in [0, 0.1) is 18.3 Å². The predicted molar refractivity (Wildman–Crippen MR) is 63.9 cm³/mol. The van der Waals surface area contributed by atoms with Crippen LogP contribution in [0.1, 0.15) is 19.3 Å². The van der Waals surface area contributed by atoms with Crippen LogP contribution in [-0.2, 0) is 15.0 Å². The summed E-state index contributed by atoms with van der Waals surface area (Å²) < 4.78 is 23.8. The number of nitrogens with one attached hydrogen (secondary N) is 1. The molecule has 1 aliphatic rings. The van der Waals surface area contributed by atoms with Gasteiger partial charge in [-0.05, 0) is 18.8 Å². The molecular weight excluding hydrogens is 242 g/mol. The molecule has 1 fully saturated rings. The molecule has 3 N–H and O–H groups in total. The number of piperidine rings is 1. The van der Waals surface area contributed by atoms with E-state index in [1.54, 1.807) is 4.90 Å². The van der Waals surface area contributed by atoms with Crippen molar-refractivity contribution in [2.75, 3.05) is 19.6 Å². The summed E-state index contributed by atoms with van der Waals surface area (Å²) in [5.74, 6) is 2.34. The van der Waals surface area contributed by atoms with Crippen LogP contribution >= 0.6 is 0 Å². The highest BCUT2D eigenvalue weighted by atomic mass is 32.2. The first kappa shape index (κ1) is 14.0. The van der Waals surface area contributed by atoms with E-state index in [-0.39, 0.29) is 24.8 Å². The lowest BCUT2D eigenvalue weighted by atomic mass is 9.98. The van der Waals surface area contributed by atoms with Crippen LogP contribution in [0.15, 0.2) is 0 Å². The molecule has 1 atom stereocenters. The highest BCUT2D eigenvalue weighted by molar-refractivity contribution is 7.87.